The van der Waals surface area contributed by atoms with Gasteiger partial charge in [-0.05, 0) is 57.2 Å². The van der Waals surface area contributed by atoms with Gasteiger partial charge in [0.25, 0.3) is 0 Å². The van der Waals surface area contributed by atoms with Crippen LogP contribution in [0.4, 0.5) is 4.39 Å². The molecule has 0 saturated heterocycles. The molecule has 2 nitrogen and oxygen atoms in total. The van der Waals surface area contributed by atoms with Crippen molar-refractivity contribution in [3.63, 3.8) is 0 Å². The molecule has 0 bridgehead atoms. The van der Waals surface area contributed by atoms with E-state index in [-0.39, 0.29) is 11.4 Å². The summed E-state index contributed by atoms with van der Waals surface area (Å²) in [7, 11) is 1.72. The molecular formula is C16H26FNO. The van der Waals surface area contributed by atoms with E-state index < -0.39 is 0 Å². The van der Waals surface area contributed by atoms with E-state index in [1.54, 1.807) is 7.11 Å². The van der Waals surface area contributed by atoms with Crippen molar-refractivity contribution in [2.45, 2.75) is 45.1 Å². The monoisotopic (exact) mass is 267 g/mol. The minimum absolute atomic E-state index is 0.0968. The molecule has 0 amide bonds. The molecule has 0 aromatic heterocycles. The first kappa shape index (κ1) is 16.1. The van der Waals surface area contributed by atoms with Gasteiger partial charge in [0.15, 0.2) is 0 Å². The maximum absolute atomic E-state index is 13.0. The molecule has 0 spiro atoms. The molecule has 108 valence electrons. The van der Waals surface area contributed by atoms with E-state index >= 15 is 0 Å². The first-order chi connectivity index (χ1) is 8.92. The van der Waals surface area contributed by atoms with Crippen LogP contribution in [0, 0.1) is 5.82 Å². The van der Waals surface area contributed by atoms with Crippen LogP contribution in [0.3, 0.4) is 0 Å². The summed E-state index contributed by atoms with van der Waals surface area (Å²) in [6.07, 6.45) is 2.06. The largest absolute Gasteiger partial charge is 0.385 e. The van der Waals surface area contributed by atoms with Crippen molar-refractivity contribution in [1.29, 1.82) is 0 Å². The maximum Gasteiger partial charge on any atom is 0.123 e. The second-order valence-electron chi connectivity index (χ2n) is 6.01. The molecule has 0 fully saturated rings. The third-order valence-corrected chi connectivity index (χ3v) is 3.12. The van der Waals surface area contributed by atoms with Gasteiger partial charge in [0.1, 0.15) is 5.82 Å². The average molecular weight is 267 g/mol. The van der Waals surface area contributed by atoms with Gasteiger partial charge < -0.3 is 10.1 Å². The third-order valence-electron chi connectivity index (χ3n) is 3.12. The summed E-state index contributed by atoms with van der Waals surface area (Å²) in [6, 6.07) is 6.85. The highest BCUT2D eigenvalue weighted by atomic mass is 19.1. The van der Waals surface area contributed by atoms with Gasteiger partial charge in [-0.15, -0.1) is 0 Å². The molecule has 0 aliphatic carbocycles. The number of hydrogen-bond acceptors (Lipinski definition) is 2. The number of benzene rings is 1. The molecule has 0 saturated carbocycles. The fourth-order valence-corrected chi connectivity index (χ4v) is 2.02. The van der Waals surface area contributed by atoms with Gasteiger partial charge in [0, 0.05) is 25.8 Å². The Morgan fingerprint density at radius 2 is 1.84 bits per heavy atom. The zero-order valence-electron chi connectivity index (χ0n) is 12.5. The van der Waals surface area contributed by atoms with Crippen molar-refractivity contribution in [2.75, 3.05) is 20.3 Å². The van der Waals surface area contributed by atoms with Crippen LogP contribution < -0.4 is 5.32 Å². The fourth-order valence-electron chi connectivity index (χ4n) is 2.02. The van der Waals surface area contributed by atoms with Crippen molar-refractivity contribution in [3.8, 4) is 0 Å². The van der Waals surface area contributed by atoms with E-state index in [2.05, 4.69) is 26.1 Å². The summed E-state index contributed by atoms with van der Waals surface area (Å²) in [5.74, 6) is 0.221. The molecule has 0 radical (unpaired) electrons. The summed E-state index contributed by atoms with van der Waals surface area (Å²) in [5.41, 5.74) is 1.29. The van der Waals surface area contributed by atoms with E-state index in [4.69, 9.17) is 4.74 Å². The Labute approximate surface area is 116 Å². The molecule has 1 rings (SSSR count). The van der Waals surface area contributed by atoms with Crippen LogP contribution in [-0.4, -0.2) is 25.8 Å². The van der Waals surface area contributed by atoms with Gasteiger partial charge in [0.05, 0.1) is 0 Å². The lowest BCUT2D eigenvalue weighted by molar-refractivity contribution is 0.189. The van der Waals surface area contributed by atoms with Gasteiger partial charge in [-0.3, -0.25) is 0 Å². The molecule has 1 aromatic carbocycles. The molecule has 1 aromatic rings. The standard InChI is InChI=1S/C16H26FNO/c1-16(2,3)18-12-14(6-5-11-19-4)13-7-9-15(17)10-8-13/h7-10,14,18H,5-6,11-12H2,1-4H3. The van der Waals surface area contributed by atoms with Crippen LogP contribution in [0.25, 0.3) is 0 Å². The normalized spacial score (nSPS) is 13.5. The predicted octanol–water partition coefficient (Wildman–Crippen LogP) is 3.72. The molecule has 19 heavy (non-hydrogen) atoms. The van der Waals surface area contributed by atoms with Gasteiger partial charge in [-0.1, -0.05) is 12.1 Å². The first-order valence-electron chi connectivity index (χ1n) is 6.92. The summed E-state index contributed by atoms with van der Waals surface area (Å²) in [5, 5.41) is 3.53. The first-order valence-corrected chi connectivity index (χ1v) is 6.92. The smallest absolute Gasteiger partial charge is 0.123 e. The van der Waals surface area contributed by atoms with Crippen LogP contribution in [0.5, 0.6) is 0 Å². The van der Waals surface area contributed by atoms with Gasteiger partial charge in [0.2, 0.25) is 0 Å². The molecular weight excluding hydrogens is 241 g/mol. The topological polar surface area (TPSA) is 21.3 Å². The highest BCUT2D eigenvalue weighted by molar-refractivity contribution is 5.21. The molecule has 1 unspecified atom stereocenters. The lowest BCUT2D eigenvalue weighted by atomic mass is 9.93. The van der Waals surface area contributed by atoms with E-state index in [0.29, 0.717) is 5.92 Å². The molecule has 1 N–H and O–H groups in total. The number of rotatable bonds is 7. The minimum Gasteiger partial charge on any atom is -0.385 e. The molecule has 3 heteroatoms. The average Bonchev–Trinajstić information content (AvgIpc) is 2.34. The number of halogens is 1. The fraction of sp³-hybridized carbons (Fsp3) is 0.625. The van der Waals surface area contributed by atoms with Crippen LogP contribution in [0.15, 0.2) is 24.3 Å². The van der Waals surface area contributed by atoms with Crippen LogP contribution in [-0.2, 0) is 4.74 Å². The highest BCUT2D eigenvalue weighted by Gasteiger charge is 2.15. The zero-order valence-corrected chi connectivity index (χ0v) is 12.5. The number of hydrogen-bond donors (Lipinski definition) is 1. The van der Waals surface area contributed by atoms with Crippen molar-refractivity contribution in [1.82, 2.24) is 5.32 Å². The quantitative estimate of drug-likeness (QED) is 0.760. The number of methoxy groups -OCH3 is 1. The Morgan fingerprint density at radius 3 is 2.37 bits per heavy atom. The number of nitrogens with one attached hydrogen (secondary N) is 1. The van der Waals surface area contributed by atoms with E-state index in [0.717, 1.165) is 26.0 Å². The minimum atomic E-state index is -0.178. The zero-order chi connectivity index (χ0) is 14.3. The summed E-state index contributed by atoms with van der Waals surface area (Å²) in [6.45, 7) is 8.14. The van der Waals surface area contributed by atoms with Gasteiger partial charge in [-0.2, -0.15) is 0 Å². The predicted molar refractivity (Wildman–Crippen MR) is 78.0 cm³/mol. The Morgan fingerprint density at radius 1 is 1.21 bits per heavy atom. The summed E-state index contributed by atoms with van der Waals surface area (Å²) in [4.78, 5) is 0. The molecule has 1 atom stereocenters. The van der Waals surface area contributed by atoms with Crippen LogP contribution in [0.2, 0.25) is 0 Å². The van der Waals surface area contributed by atoms with Crippen molar-refractivity contribution < 1.29 is 9.13 Å². The Kier molecular flexibility index (Phi) is 6.46. The molecule has 0 heterocycles. The van der Waals surface area contributed by atoms with E-state index in [1.165, 1.54) is 17.7 Å². The Hall–Kier alpha value is -0.930. The Bertz CT molecular complexity index is 356. The van der Waals surface area contributed by atoms with Gasteiger partial charge in [-0.25, -0.2) is 4.39 Å². The molecule has 0 aliphatic rings. The summed E-state index contributed by atoms with van der Waals surface area (Å²) < 4.78 is 18.1. The maximum atomic E-state index is 13.0. The third kappa shape index (κ3) is 6.69. The van der Waals surface area contributed by atoms with E-state index in [9.17, 15) is 4.39 Å². The number of ether oxygens (including phenoxy) is 1. The SMILES string of the molecule is COCCCC(CNC(C)(C)C)c1ccc(F)cc1. The van der Waals surface area contributed by atoms with E-state index in [1.807, 2.05) is 12.1 Å². The highest BCUT2D eigenvalue weighted by Crippen LogP contribution is 2.22. The van der Waals surface area contributed by atoms with Gasteiger partial charge >= 0.3 is 0 Å². The van der Waals surface area contributed by atoms with Crippen LogP contribution in [0.1, 0.15) is 45.1 Å². The second-order valence-corrected chi connectivity index (χ2v) is 6.01. The second kappa shape index (κ2) is 7.61. The van der Waals surface area contributed by atoms with Crippen LogP contribution >= 0.6 is 0 Å². The van der Waals surface area contributed by atoms with Crippen molar-refractivity contribution in [2.24, 2.45) is 0 Å². The van der Waals surface area contributed by atoms with Crippen molar-refractivity contribution in [3.05, 3.63) is 35.6 Å². The lowest BCUT2D eigenvalue weighted by Crippen LogP contribution is -2.38. The Balaban J connectivity index is 2.65. The summed E-state index contributed by atoms with van der Waals surface area (Å²) >= 11 is 0. The molecule has 0 aliphatic heterocycles. The lowest BCUT2D eigenvalue weighted by Gasteiger charge is -2.25. The van der Waals surface area contributed by atoms with Crippen molar-refractivity contribution >= 4 is 0 Å².